The molecule has 0 radical (unpaired) electrons. The molecule has 0 aromatic rings. The van der Waals surface area contributed by atoms with Gasteiger partial charge in [0.2, 0.25) is 0 Å². The molecule has 6 nitrogen and oxygen atoms in total. The van der Waals surface area contributed by atoms with Crippen molar-refractivity contribution in [1.29, 1.82) is 0 Å². The summed E-state index contributed by atoms with van der Waals surface area (Å²) in [6.45, 7) is 1.08. The molecule has 11 heavy (non-hydrogen) atoms. The first kappa shape index (κ1) is 22.6. The van der Waals surface area contributed by atoms with Gasteiger partial charge in [-0.2, -0.15) is 0 Å². The van der Waals surface area contributed by atoms with Crippen molar-refractivity contribution < 1.29 is 68.0 Å². The molecule has 0 atom stereocenters. The Morgan fingerprint density at radius 1 is 1.18 bits per heavy atom. The molecule has 0 aromatic heterocycles. The fourth-order valence-electron chi connectivity index (χ4n) is 0. The van der Waals surface area contributed by atoms with Gasteiger partial charge in [-0.3, -0.25) is 4.79 Å². The van der Waals surface area contributed by atoms with Crippen LogP contribution in [0.4, 0.5) is 0 Å². The van der Waals surface area contributed by atoms with Gasteiger partial charge >= 0.3 is 39.0 Å². The maximum absolute atomic E-state index is 9.00. The Labute approximate surface area is 89.9 Å². The van der Waals surface area contributed by atoms with Crippen LogP contribution in [0.25, 0.3) is 0 Å². The van der Waals surface area contributed by atoms with Crippen LogP contribution in [-0.4, -0.2) is 20.1 Å². The van der Waals surface area contributed by atoms with E-state index in [1.165, 1.54) is 0 Å². The molecule has 0 unspecified atom stereocenters. The Hall–Kier alpha value is 0.774. The third-order valence-electron chi connectivity index (χ3n) is 0. The van der Waals surface area contributed by atoms with Crippen LogP contribution >= 0.6 is 0 Å². The fourth-order valence-corrected chi connectivity index (χ4v) is 0. The quantitative estimate of drug-likeness (QED) is 0.443. The summed E-state index contributed by atoms with van der Waals surface area (Å²) in [6, 6.07) is 0. The van der Waals surface area contributed by atoms with Crippen molar-refractivity contribution in [3.05, 3.63) is 0 Å². The predicted octanol–water partition coefficient (Wildman–Crippen LogP) is -5.05. The SMILES string of the molecule is CC(=O)O.[O-][Si]([O-])([O-])[O-].[Zn+2].[Zn+2]. The van der Waals surface area contributed by atoms with Crippen LogP contribution in [0.1, 0.15) is 6.92 Å². The Morgan fingerprint density at radius 2 is 1.18 bits per heavy atom. The van der Waals surface area contributed by atoms with Gasteiger partial charge in [-0.05, 0) is 0 Å². The molecule has 0 saturated carbocycles. The molecule has 1 N–H and O–H groups in total. The van der Waals surface area contributed by atoms with E-state index in [2.05, 4.69) is 0 Å². The molecule has 9 heteroatoms. The average Bonchev–Trinajstić information content (AvgIpc) is 1.19. The first-order chi connectivity index (χ1) is 3.73. The van der Waals surface area contributed by atoms with E-state index < -0.39 is 15.0 Å². The van der Waals surface area contributed by atoms with Crippen molar-refractivity contribution in [3.63, 3.8) is 0 Å². The molecule has 56 valence electrons. The number of aliphatic carboxylic acids is 1. The third-order valence-corrected chi connectivity index (χ3v) is 0. The van der Waals surface area contributed by atoms with Crippen LogP contribution < -0.4 is 19.2 Å². The second kappa shape index (κ2) is 10.8. The number of carboxylic acid groups (broad SMARTS) is 1. The maximum atomic E-state index is 9.00. The summed E-state index contributed by atoms with van der Waals surface area (Å²) in [5.41, 5.74) is 0. The average molecular weight is 283 g/mol. The summed E-state index contributed by atoms with van der Waals surface area (Å²) in [5.74, 6) is -0.833. The summed E-state index contributed by atoms with van der Waals surface area (Å²) in [7, 11) is -5.61. The number of hydrogen-bond acceptors (Lipinski definition) is 5. The third kappa shape index (κ3) is 1390. The van der Waals surface area contributed by atoms with Gasteiger partial charge in [-0.1, -0.05) is 0 Å². The number of hydrogen-bond donors (Lipinski definition) is 1. The van der Waals surface area contributed by atoms with Crippen LogP contribution in [0, 0.1) is 0 Å². The molecule has 0 heterocycles. The molecular weight excluding hydrogens is 279 g/mol. The van der Waals surface area contributed by atoms with Crippen molar-refractivity contribution in [2.45, 2.75) is 6.92 Å². The van der Waals surface area contributed by atoms with Gasteiger partial charge in [-0.25, -0.2) is 0 Å². The molecule has 0 aliphatic rings. The van der Waals surface area contributed by atoms with Gasteiger partial charge in [0.15, 0.2) is 0 Å². The first-order valence-electron chi connectivity index (χ1n) is 1.74. The van der Waals surface area contributed by atoms with Crippen LogP contribution in [0.3, 0.4) is 0 Å². The summed E-state index contributed by atoms with van der Waals surface area (Å²) in [4.78, 5) is 43.3. The minimum atomic E-state index is -5.61. The van der Waals surface area contributed by atoms with Crippen molar-refractivity contribution in [3.8, 4) is 0 Å². The molecule has 0 fully saturated rings. The predicted molar refractivity (Wildman–Crippen MR) is 19.1 cm³/mol. The van der Waals surface area contributed by atoms with Crippen molar-refractivity contribution in [2.24, 2.45) is 0 Å². The molecule has 0 aliphatic carbocycles. The Kier molecular flexibility index (Phi) is 22.1. The Morgan fingerprint density at radius 3 is 1.18 bits per heavy atom. The van der Waals surface area contributed by atoms with E-state index in [0.717, 1.165) is 6.92 Å². The minimum Gasteiger partial charge on any atom is -0.894 e. The molecule has 0 rings (SSSR count). The second-order valence-electron chi connectivity index (χ2n) is 1.02. The normalized spacial score (nSPS) is 7.73. The monoisotopic (exact) mass is 280 g/mol. The van der Waals surface area contributed by atoms with E-state index in [4.69, 9.17) is 29.1 Å². The molecule has 0 spiro atoms. The molecule has 0 aliphatic heterocycles. The summed E-state index contributed by atoms with van der Waals surface area (Å²) in [5, 5.41) is 7.42. The zero-order chi connectivity index (χ0) is 8.08. The molecular formula is C2H4O6SiZn2. The van der Waals surface area contributed by atoms with Crippen LogP contribution in [0.2, 0.25) is 0 Å². The van der Waals surface area contributed by atoms with Crippen LogP contribution in [0.5, 0.6) is 0 Å². The smallest absolute Gasteiger partial charge is 0.894 e. The molecule has 0 aromatic carbocycles. The number of carbonyl (C=O) groups is 1. The maximum Gasteiger partial charge on any atom is 2.00 e. The zero-order valence-electron chi connectivity index (χ0n) is 5.90. The zero-order valence-corrected chi connectivity index (χ0v) is 12.8. The topological polar surface area (TPSA) is 130 Å². The standard InChI is InChI=1S/C2H4O2.O4Si.2Zn/c1-2(3)4;1-5(2,3)4;;/h1H3,(H,3,4);;;/q;-4;2*+2. The summed E-state index contributed by atoms with van der Waals surface area (Å²) in [6.07, 6.45) is 0. The van der Waals surface area contributed by atoms with Gasteiger partial charge in [0.05, 0.1) is 0 Å². The second-order valence-corrected chi connectivity index (χ2v) is 2.02. The molecule has 0 saturated heterocycles. The largest absolute Gasteiger partial charge is 2.00 e. The number of rotatable bonds is 0. The van der Waals surface area contributed by atoms with Crippen molar-refractivity contribution in [1.82, 2.24) is 0 Å². The van der Waals surface area contributed by atoms with E-state index in [9.17, 15) is 0 Å². The van der Waals surface area contributed by atoms with Gasteiger partial charge < -0.3 is 33.3 Å². The summed E-state index contributed by atoms with van der Waals surface area (Å²) < 4.78 is 0. The van der Waals surface area contributed by atoms with Crippen LogP contribution in [0.15, 0.2) is 0 Å². The molecule has 0 bridgehead atoms. The van der Waals surface area contributed by atoms with E-state index in [1.54, 1.807) is 0 Å². The van der Waals surface area contributed by atoms with Crippen molar-refractivity contribution in [2.75, 3.05) is 0 Å². The van der Waals surface area contributed by atoms with Crippen LogP contribution in [-0.2, 0) is 43.8 Å². The van der Waals surface area contributed by atoms with Gasteiger partial charge in [0.1, 0.15) is 0 Å². The minimum absolute atomic E-state index is 0. The van der Waals surface area contributed by atoms with Gasteiger partial charge in [0, 0.05) is 6.92 Å². The first-order valence-corrected chi connectivity index (χ1v) is 3.38. The van der Waals surface area contributed by atoms with E-state index in [1.807, 2.05) is 0 Å². The van der Waals surface area contributed by atoms with E-state index in [-0.39, 0.29) is 39.0 Å². The number of carboxylic acids is 1. The Bertz CT molecular complexity index is 81.1. The summed E-state index contributed by atoms with van der Waals surface area (Å²) >= 11 is 0. The molecule has 0 amide bonds. The van der Waals surface area contributed by atoms with Gasteiger partial charge in [-0.15, -0.1) is 0 Å². The fraction of sp³-hybridized carbons (Fsp3) is 0.500. The van der Waals surface area contributed by atoms with Gasteiger partial charge in [0.25, 0.3) is 5.97 Å². The van der Waals surface area contributed by atoms with E-state index >= 15 is 0 Å². The van der Waals surface area contributed by atoms with E-state index in [0.29, 0.717) is 0 Å². The Balaban J connectivity index is -0.0000000383. The van der Waals surface area contributed by atoms with Crippen molar-refractivity contribution >= 4 is 15.0 Å².